The van der Waals surface area contributed by atoms with Crippen molar-refractivity contribution in [2.24, 2.45) is 0 Å². The Kier molecular flexibility index (Phi) is 24.4. The first-order chi connectivity index (χ1) is 8.06. The van der Waals surface area contributed by atoms with Gasteiger partial charge < -0.3 is 19.8 Å². The van der Waals surface area contributed by atoms with Crippen LogP contribution in [0.1, 0.15) is 32.6 Å². The van der Waals surface area contributed by atoms with Crippen molar-refractivity contribution in [3.8, 4) is 0 Å². The zero-order valence-electron chi connectivity index (χ0n) is 12.2. The number of hydrogen-bond acceptors (Lipinski definition) is 5. The maximum Gasteiger partial charge on any atom is 1.00 e. The van der Waals surface area contributed by atoms with Gasteiger partial charge in [0.25, 0.3) is 0 Å². The Morgan fingerprint density at radius 1 is 1.00 bits per heavy atom. The monoisotopic (exact) mass is 319 g/mol. The van der Waals surface area contributed by atoms with Gasteiger partial charge in [0.05, 0.1) is 11.9 Å². The van der Waals surface area contributed by atoms with Crippen molar-refractivity contribution in [3.05, 3.63) is 12.2 Å². The summed E-state index contributed by atoms with van der Waals surface area (Å²) in [5.41, 5.74) is 0. The van der Waals surface area contributed by atoms with E-state index in [4.69, 9.17) is 0 Å². The summed E-state index contributed by atoms with van der Waals surface area (Å²) < 4.78 is 0. The van der Waals surface area contributed by atoms with E-state index < -0.39 is 11.9 Å². The van der Waals surface area contributed by atoms with Crippen LogP contribution in [0.25, 0.3) is 0 Å². The summed E-state index contributed by atoms with van der Waals surface area (Å²) in [5.74, 6) is -2.53. The van der Waals surface area contributed by atoms with Crippen molar-refractivity contribution in [2.75, 3.05) is 19.6 Å². The minimum Gasteiger partial charge on any atom is -0.549 e. The molecule has 0 saturated carbocycles. The van der Waals surface area contributed by atoms with Crippen LogP contribution in [0.15, 0.2) is 12.2 Å². The molecule has 0 heterocycles. The minimum absolute atomic E-state index is 0. The van der Waals surface area contributed by atoms with E-state index in [1.807, 2.05) is 0 Å². The molecule has 0 atom stereocenters. The van der Waals surface area contributed by atoms with Gasteiger partial charge in [0.1, 0.15) is 0 Å². The van der Waals surface area contributed by atoms with Crippen LogP contribution in [0.5, 0.6) is 0 Å². The minimum atomic E-state index is -1.27. The van der Waals surface area contributed by atoms with Crippen LogP contribution >= 0.6 is 0 Å². The van der Waals surface area contributed by atoms with Crippen LogP contribution < -0.4 is 113 Å². The van der Waals surface area contributed by atoms with E-state index in [1.165, 1.54) is 4.90 Å². The number of carbonyl (C=O) groups excluding carboxylic acids is 2. The molecule has 0 unspecified atom stereocenters. The molecule has 0 radical (unpaired) electrons. The van der Waals surface area contributed by atoms with E-state index in [9.17, 15) is 19.8 Å². The maximum absolute atomic E-state index is 10.4. The van der Waals surface area contributed by atoms with Crippen LogP contribution in [0.3, 0.4) is 0 Å². The van der Waals surface area contributed by atoms with Gasteiger partial charge in [0.15, 0.2) is 0 Å². The molecular weight excluding hydrogens is 300 g/mol. The molecule has 0 aliphatic rings. The molecule has 0 N–H and O–H groups in total. The second kappa shape index (κ2) is 18.0. The number of hydrogen-bond donors (Lipinski definition) is 0. The standard InChI is InChI=1S/C12H21NO4.2K/c1-2-3-4-5-6-7-8-13(9-11(14)15)10-12(16)17;;/h3-4H,2,5-10H2,1H3,(H,14,15)(H,16,17);;/q;2*+1/p-2/b4-3+;;. The summed E-state index contributed by atoms with van der Waals surface area (Å²) >= 11 is 0. The van der Waals surface area contributed by atoms with E-state index in [2.05, 4.69) is 19.1 Å². The fourth-order valence-electron chi connectivity index (χ4n) is 1.46. The maximum atomic E-state index is 10.4. The van der Waals surface area contributed by atoms with Gasteiger partial charge in [-0.25, -0.2) is 0 Å². The molecule has 0 aromatic carbocycles. The van der Waals surface area contributed by atoms with E-state index in [-0.39, 0.29) is 116 Å². The number of nitrogens with zero attached hydrogens (tertiary/aromatic N) is 1. The van der Waals surface area contributed by atoms with Gasteiger partial charge in [-0.15, -0.1) is 0 Å². The molecule has 0 bridgehead atoms. The van der Waals surface area contributed by atoms with Crippen LogP contribution in [0.2, 0.25) is 0 Å². The van der Waals surface area contributed by atoms with Gasteiger partial charge >= 0.3 is 103 Å². The molecule has 0 spiro atoms. The first kappa shape index (κ1) is 25.8. The van der Waals surface area contributed by atoms with Gasteiger partial charge in [-0.05, 0) is 32.2 Å². The number of unbranched alkanes of at least 4 members (excludes halogenated alkanes) is 2. The quantitative estimate of drug-likeness (QED) is 0.227. The normalized spacial score (nSPS) is 10.0. The molecule has 0 rings (SSSR count). The number of rotatable bonds is 10. The summed E-state index contributed by atoms with van der Waals surface area (Å²) in [5, 5.41) is 20.8. The number of aliphatic carboxylic acids is 2. The van der Waals surface area contributed by atoms with Gasteiger partial charge in [0.2, 0.25) is 0 Å². The van der Waals surface area contributed by atoms with Crippen molar-refractivity contribution in [3.63, 3.8) is 0 Å². The molecule has 98 valence electrons. The van der Waals surface area contributed by atoms with Crippen molar-refractivity contribution >= 4 is 11.9 Å². The fourth-order valence-corrected chi connectivity index (χ4v) is 1.46. The molecule has 0 amide bonds. The smallest absolute Gasteiger partial charge is 0.549 e. The summed E-state index contributed by atoms with van der Waals surface area (Å²) in [4.78, 5) is 22.1. The fraction of sp³-hybridized carbons (Fsp3) is 0.667. The molecule has 19 heavy (non-hydrogen) atoms. The molecule has 0 aromatic rings. The van der Waals surface area contributed by atoms with E-state index in [1.54, 1.807) is 0 Å². The van der Waals surface area contributed by atoms with Crippen LogP contribution in [-0.2, 0) is 9.59 Å². The largest absolute Gasteiger partial charge is 1.00 e. The van der Waals surface area contributed by atoms with Crippen LogP contribution in [0.4, 0.5) is 0 Å². The summed E-state index contributed by atoms with van der Waals surface area (Å²) in [6.45, 7) is 1.76. The van der Waals surface area contributed by atoms with E-state index in [0.717, 1.165) is 25.7 Å². The Balaban J connectivity index is -0.00000128. The average molecular weight is 319 g/mol. The molecule has 0 aliphatic carbocycles. The predicted molar refractivity (Wildman–Crippen MR) is 59.7 cm³/mol. The third-order valence-electron chi connectivity index (χ3n) is 2.20. The van der Waals surface area contributed by atoms with Crippen molar-refractivity contribution in [2.45, 2.75) is 32.6 Å². The number of carbonyl (C=O) groups is 2. The first-order valence-electron chi connectivity index (χ1n) is 5.83. The topological polar surface area (TPSA) is 83.5 Å². The van der Waals surface area contributed by atoms with Crippen molar-refractivity contribution in [1.82, 2.24) is 4.90 Å². The predicted octanol–water partition coefficient (Wildman–Crippen LogP) is -7.07. The van der Waals surface area contributed by atoms with Crippen LogP contribution in [0, 0.1) is 0 Å². The van der Waals surface area contributed by atoms with Gasteiger partial charge in [0, 0.05) is 13.1 Å². The Bertz CT molecular complexity index is 256. The summed E-state index contributed by atoms with van der Waals surface area (Å²) in [6, 6.07) is 0. The van der Waals surface area contributed by atoms with Gasteiger partial charge in [-0.3, -0.25) is 4.90 Å². The van der Waals surface area contributed by atoms with Gasteiger partial charge in [-0.1, -0.05) is 19.1 Å². The third kappa shape index (κ3) is 19.9. The Morgan fingerprint density at radius 3 is 1.95 bits per heavy atom. The number of carboxylic acids is 2. The molecule has 0 saturated heterocycles. The van der Waals surface area contributed by atoms with Crippen molar-refractivity contribution in [1.29, 1.82) is 0 Å². The Morgan fingerprint density at radius 2 is 1.53 bits per heavy atom. The second-order valence-corrected chi connectivity index (χ2v) is 3.83. The molecule has 0 aliphatic heterocycles. The SMILES string of the molecule is CC/C=C/CCCCN(CC(=O)[O-])CC(=O)[O-].[K+].[K+]. The number of carboxylic acid groups (broad SMARTS) is 2. The average Bonchev–Trinajstić information content (AvgIpc) is 2.21. The molecule has 0 fully saturated rings. The Labute approximate surface area is 200 Å². The molecule has 5 nitrogen and oxygen atoms in total. The van der Waals surface area contributed by atoms with Crippen molar-refractivity contribution < 1.29 is 123 Å². The Hall–Kier alpha value is 1.91. The zero-order valence-corrected chi connectivity index (χ0v) is 18.4. The van der Waals surface area contributed by atoms with Crippen LogP contribution in [-0.4, -0.2) is 36.5 Å². The molecule has 0 aromatic heterocycles. The van der Waals surface area contributed by atoms with E-state index in [0.29, 0.717) is 6.54 Å². The second-order valence-electron chi connectivity index (χ2n) is 3.83. The number of allylic oxidation sites excluding steroid dienone is 2. The first-order valence-corrected chi connectivity index (χ1v) is 5.83. The summed E-state index contributed by atoms with van der Waals surface area (Å²) in [6.07, 6.45) is 7.74. The zero-order chi connectivity index (χ0) is 13.1. The summed E-state index contributed by atoms with van der Waals surface area (Å²) in [7, 11) is 0. The van der Waals surface area contributed by atoms with E-state index >= 15 is 0 Å². The van der Waals surface area contributed by atoms with Gasteiger partial charge in [-0.2, -0.15) is 0 Å². The molecule has 7 heteroatoms. The molecular formula is C12H19K2NO4. The third-order valence-corrected chi connectivity index (χ3v) is 2.20.